The van der Waals surface area contributed by atoms with E-state index in [-0.39, 0.29) is 12.5 Å². The van der Waals surface area contributed by atoms with Crippen LogP contribution in [-0.2, 0) is 11.3 Å². The molecule has 0 unspecified atom stereocenters. The second-order valence-electron chi connectivity index (χ2n) is 6.28. The van der Waals surface area contributed by atoms with Crippen molar-refractivity contribution >= 4 is 5.91 Å². The Morgan fingerprint density at radius 2 is 2.09 bits per heavy atom. The van der Waals surface area contributed by atoms with Gasteiger partial charge in [0.05, 0.1) is 18.2 Å². The number of rotatable bonds is 7. The van der Waals surface area contributed by atoms with Gasteiger partial charge >= 0.3 is 0 Å². The summed E-state index contributed by atoms with van der Waals surface area (Å²) in [6, 6.07) is 9.72. The molecule has 0 spiro atoms. The highest BCUT2D eigenvalue weighted by Crippen LogP contribution is 2.26. The highest BCUT2D eigenvalue weighted by atomic mass is 16.1. The van der Waals surface area contributed by atoms with Gasteiger partial charge in [-0.1, -0.05) is 44.2 Å². The number of nitriles is 1. The lowest BCUT2D eigenvalue weighted by molar-refractivity contribution is -0.119. The lowest BCUT2D eigenvalue weighted by atomic mass is 9.87. The Kier molecular flexibility index (Phi) is 6.42. The van der Waals surface area contributed by atoms with E-state index in [1.165, 1.54) is 32.1 Å². The van der Waals surface area contributed by atoms with Crippen LogP contribution in [0.2, 0.25) is 0 Å². The van der Waals surface area contributed by atoms with Crippen molar-refractivity contribution in [2.24, 2.45) is 11.7 Å². The Labute approximate surface area is 132 Å². The second kappa shape index (κ2) is 8.55. The van der Waals surface area contributed by atoms with Crippen molar-refractivity contribution in [1.29, 1.82) is 5.26 Å². The van der Waals surface area contributed by atoms with Crippen LogP contribution >= 0.6 is 0 Å². The highest BCUT2D eigenvalue weighted by molar-refractivity contribution is 5.75. The molecular weight excluding hydrogens is 274 g/mol. The van der Waals surface area contributed by atoms with Crippen molar-refractivity contribution < 1.29 is 4.79 Å². The maximum absolute atomic E-state index is 11.3. The van der Waals surface area contributed by atoms with Crippen LogP contribution < -0.4 is 5.73 Å². The van der Waals surface area contributed by atoms with Crippen LogP contribution in [0.1, 0.15) is 49.7 Å². The largest absolute Gasteiger partial charge is 0.369 e. The zero-order valence-corrected chi connectivity index (χ0v) is 13.1. The number of nitrogens with two attached hydrogens (primary N) is 1. The van der Waals surface area contributed by atoms with Gasteiger partial charge < -0.3 is 5.73 Å². The van der Waals surface area contributed by atoms with E-state index in [0.717, 1.165) is 24.4 Å². The van der Waals surface area contributed by atoms with Crippen LogP contribution in [0.25, 0.3) is 0 Å². The Hall–Kier alpha value is -1.86. The van der Waals surface area contributed by atoms with E-state index in [2.05, 4.69) is 11.0 Å². The molecule has 4 nitrogen and oxygen atoms in total. The first-order valence-corrected chi connectivity index (χ1v) is 8.17. The van der Waals surface area contributed by atoms with Gasteiger partial charge in [-0.25, -0.2) is 0 Å². The predicted octanol–water partition coefficient (Wildman–Crippen LogP) is 2.82. The third-order valence-corrected chi connectivity index (χ3v) is 4.42. The summed E-state index contributed by atoms with van der Waals surface area (Å²) in [6.07, 6.45) is 7.80. The van der Waals surface area contributed by atoms with Crippen molar-refractivity contribution in [2.75, 3.05) is 13.1 Å². The number of carbonyl (C=O) groups is 1. The summed E-state index contributed by atoms with van der Waals surface area (Å²) < 4.78 is 0. The molecule has 0 aliphatic heterocycles. The first-order valence-electron chi connectivity index (χ1n) is 8.17. The van der Waals surface area contributed by atoms with Crippen molar-refractivity contribution in [1.82, 2.24) is 4.90 Å². The molecule has 1 aromatic carbocycles. The van der Waals surface area contributed by atoms with Crippen LogP contribution in [0, 0.1) is 17.2 Å². The zero-order valence-electron chi connectivity index (χ0n) is 13.1. The van der Waals surface area contributed by atoms with E-state index in [1.54, 1.807) is 6.07 Å². The molecule has 2 N–H and O–H groups in total. The maximum Gasteiger partial charge on any atom is 0.231 e. The van der Waals surface area contributed by atoms with E-state index in [0.29, 0.717) is 12.1 Å². The van der Waals surface area contributed by atoms with Crippen molar-refractivity contribution in [3.63, 3.8) is 0 Å². The molecule has 0 heterocycles. The summed E-state index contributed by atoms with van der Waals surface area (Å²) in [5.74, 6) is 0.495. The van der Waals surface area contributed by atoms with Gasteiger partial charge in [-0.15, -0.1) is 0 Å². The summed E-state index contributed by atoms with van der Waals surface area (Å²) >= 11 is 0. The molecule has 0 radical (unpaired) electrons. The standard InChI is InChI=1S/C18H25N3O/c19-12-16-7-4-8-17(11-16)13-21(14-18(20)22)10-9-15-5-2-1-3-6-15/h4,7-8,11,15H,1-3,5-6,9-10,13-14H2,(H2,20,22). The lowest BCUT2D eigenvalue weighted by Crippen LogP contribution is -2.35. The summed E-state index contributed by atoms with van der Waals surface area (Å²) in [6.45, 7) is 1.85. The number of amides is 1. The first kappa shape index (κ1) is 16.5. The fourth-order valence-corrected chi connectivity index (χ4v) is 3.27. The molecule has 0 bridgehead atoms. The first-order chi connectivity index (χ1) is 10.7. The minimum Gasteiger partial charge on any atom is -0.369 e. The molecule has 118 valence electrons. The lowest BCUT2D eigenvalue weighted by Gasteiger charge is -2.26. The molecule has 0 saturated heterocycles. The maximum atomic E-state index is 11.3. The Balaban J connectivity index is 1.92. The van der Waals surface area contributed by atoms with Gasteiger partial charge in [-0.3, -0.25) is 9.69 Å². The Bertz CT molecular complexity index is 529. The topological polar surface area (TPSA) is 70.1 Å². The molecule has 1 aromatic rings. The molecule has 0 atom stereocenters. The molecule has 22 heavy (non-hydrogen) atoms. The van der Waals surface area contributed by atoms with Crippen molar-refractivity contribution in [3.8, 4) is 6.07 Å². The van der Waals surface area contributed by atoms with Gasteiger partial charge in [0, 0.05) is 6.54 Å². The van der Waals surface area contributed by atoms with Gasteiger partial charge in [-0.2, -0.15) is 5.26 Å². The van der Waals surface area contributed by atoms with E-state index in [9.17, 15) is 4.79 Å². The molecular formula is C18H25N3O. The Morgan fingerprint density at radius 3 is 2.77 bits per heavy atom. The predicted molar refractivity (Wildman–Crippen MR) is 86.8 cm³/mol. The monoisotopic (exact) mass is 299 g/mol. The molecule has 1 fully saturated rings. The number of nitrogens with zero attached hydrogens (tertiary/aromatic N) is 2. The highest BCUT2D eigenvalue weighted by Gasteiger charge is 2.16. The van der Waals surface area contributed by atoms with E-state index < -0.39 is 0 Å². The molecule has 1 aliphatic carbocycles. The second-order valence-corrected chi connectivity index (χ2v) is 6.28. The van der Waals surface area contributed by atoms with E-state index in [1.807, 2.05) is 18.2 Å². The number of carbonyl (C=O) groups excluding carboxylic acids is 1. The van der Waals surface area contributed by atoms with Crippen molar-refractivity contribution in [2.45, 2.75) is 45.1 Å². The van der Waals surface area contributed by atoms with Crippen LogP contribution in [-0.4, -0.2) is 23.9 Å². The number of primary amides is 1. The van der Waals surface area contributed by atoms with Crippen LogP contribution in [0.3, 0.4) is 0 Å². The van der Waals surface area contributed by atoms with Crippen LogP contribution in [0.4, 0.5) is 0 Å². The summed E-state index contributed by atoms with van der Waals surface area (Å²) in [4.78, 5) is 13.4. The van der Waals surface area contributed by atoms with Gasteiger partial charge in [0.1, 0.15) is 0 Å². The van der Waals surface area contributed by atoms with Gasteiger partial charge in [0.25, 0.3) is 0 Å². The van der Waals surface area contributed by atoms with Crippen molar-refractivity contribution in [3.05, 3.63) is 35.4 Å². The Morgan fingerprint density at radius 1 is 1.32 bits per heavy atom. The van der Waals surface area contributed by atoms with Gasteiger partial charge in [-0.05, 0) is 36.6 Å². The minimum absolute atomic E-state index is 0.281. The fourth-order valence-electron chi connectivity index (χ4n) is 3.27. The van der Waals surface area contributed by atoms with Crippen LogP contribution in [0.5, 0.6) is 0 Å². The normalized spacial score (nSPS) is 15.6. The number of hydrogen-bond donors (Lipinski definition) is 1. The summed E-state index contributed by atoms with van der Waals surface area (Å²) in [5.41, 5.74) is 7.09. The van der Waals surface area contributed by atoms with Gasteiger partial charge in [0.2, 0.25) is 5.91 Å². The average Bonchev–Trinajstić information content (AvgIpc) is 2.53. The fraction of sp³-hybridized carbons (Fsp3) is 0.556. The molecule has 2 rings (SSSR count). The third-order valence-electron chi connectivity index (χ3n) is 4.42. The third kappa shape index (κ3) is 5.50. The van der Waals surface area contributed by atoms with E-state index in [4.69, 9.17) is 11.0 Å². The summed E-state index contributed by atoms with van der Waals surface area (Å²) in [7, 11) is 0. The summed E-state index contributed by atoms with van der Waals surface area (Å²) in [5, 5.41) is 8.98. The number of hydrogen-bond acceptors (Lipinski definition) is 3. The molecule has 1 saturated carbocycles. The van der Waals surface area contributed by atoms with Crippen LogP contribution in [0.15, 0.2) is 24.3 Å². The smallest absolute Gasteiger partial charge is 0.231 e. The average molecular weight is 299 g/mol. The molecule has 0 aromatic heterocycles. The van der Waals surface area contributed by atoms with Gasteiger partial charge in [0.15, 0.2) is 0 Å². The number of benzene rings is 1. The van der Waals surface area contributed by atoms with E-state index >= 15 is 0 Å². The SMILES string of the molecule is N#Cc1cccc(CN(CCC2CCCCC2)CC(N)=O)c1. The molecule has 1 amide bonds. The quantitative estimate of drug-likeness (QED) is 0.841. The zero-order chi connectivity index (χ0) is 15.8. The molecule has 4 heteroatoms. The molecule has 1 aliphatic rings. The minimum atomic E-state index is -0.292.